The van der Waals surface area contributed by atoms with Crippen LogP contribution in [0.3, 0.4) is 0 Å². The zero-order valence-electron chi connectivity index (χ0n) is 13.9. The lowest BCUT2D eigenvalue weighted by molar-refractivity contribution is 0.0940. The Morgan fingerprint density at radius 3 is 2.54 bits per heavy atom. The number of H-pyrrole nitrogens is 1. The van der Waals surface area contributed by atoms with E-state index in [1.165, 1.54) is 6.07 Å². The molecule has 3 N–H and O–H groups in total. The van der Waals surface area contributed by atoms with Crippen molar-refractivity contribution >= 4 is 16.9 Å². The second kappa shape index (κ2) is 6.72. The predicted octanol–water partition coefficient (Wildman–Crippen LogP) is 3.79. The van der Waals surface area contributed by atoms with Crippen molar-refractivity contribution in [3.63, 3.8) is 0 Å². The highest BCUT2D eigenvalue weighted by molar-refractivity contribution is 5.97. The molecular weight excluding hydrogens is 326 g/mol. The maximum absolute atomic E-state index is 12.7. The first-order valence-corrected chi connectivity index (χ1v) is 8.29. The molecule has 0 aliphatic carbocycles. The monoisotopic (exact) mass is 343 g/mol. The average Bonchev–Trinajstić information content (AvgIpc) is 3.15. The average molecular weight is 343 g/mol. The zero-order valence-corrected chi connectivity index (χ0v) is 13.9. The molecular formula is C21H17N3O2. The van der Waals surface area contributed by atoms with Crippen molar-refractivity contribution in [3.05, 3.63) is 95.8 Å². The zero-order chi connectivity index (χ0) is 17.9. The van der Waals surface area contributed by atoms with E-state index in [0.717, 1.165) is 22.2 Å². The van der Waals surface area contributed by atoms with Crippen molar-refractivity contribution in [2.75, 3.05) is 0 Å². The maximum atomic E-state index is 12.7. The number of amides is 1. The minimum Gasteiger partial charge on any atom is -0.507 e. The highest BCUT2D eigenvalue weighted by atomic mass is 16.3. The van der Waals surface area contributed by atoms with Gasteiger partial charge < -0.3 is 15.4 Å². The Morgan fingerprint density at radius 1 is 0.962 bits per heavy atom. The molecule has 1 heterocycles. The molecule has 4 aromatic rings. The van der Waals surface area contributed by atoms with E-state index in [9.17, 15) is 9.90 Å². The molecule has 1 unspecified atom stereocenters. The van der Waals surface area contributed by atoms with E-state index in [1.807, 2.05) is 48.5 Å². The van der Waals surface area contributed by atoms with Crippen molar-refractivity contribution in [1.82, 2.24) is 15.3 Å². The molecule has 0 aliphatic heterocycles. The Bertz CT molecular complexity index is 1060. The topological polar surface area (TPSA) is 78.0 Å². The molecule has 1 amide bonds. The van der Waals surface area contributed by atoms with Crippen molar-refractivity contribution in [1.29, 1.82) is 0 Å². The summed E-state index contributed by atoms with van der Waals surface area (Å²) < 4.78 is 0. The molecule has 0 bridgehead atoms. The maximum Gasteiger partial charge on any atom is 0.255 e. The number of para-hydroxylation sites is 1. The van der Waals surface area contributed by atoms with Gasteiger partial charge in [-0.1, -0.05) is 48.5 Å². The van der Waals surface area contributed by atoms with E-state index in [-0.39, 0.29) is 23.3 Å². The van der Waals surface area contributed by atoms with E-state index in [2.05, 4.69) is 15.3 Å². The number of phenolic OH excluding ortho intramolecular Hbond substituents is 1. The number of hydrogen-bond acceptors (Lipinski definition) is 3. The molecule has 0 fully saturated rings. The number of fused-ring (bicyclic) bond motifs is 1. The van der Waals surface area contributed by atoms with Crippen LogP contribution in [-0.4, -0.2) is 21.0 Å². The van der Waals surface area contributed by atoms with Crippen LogP contribution in [0.15, 0.2) is 79.1 Å². The quantitative estimate of drug-likeness (QED) is 0.527. The lowest BCUT2D eigenvalue weighted by Crippen LogP contribution is -2.29. The van der Waals surface area contributed by atoms with E-state index in [1.54, 1.807) is 24.5 Å². The minimum atomic E-state index is -0.351. The number of hydrogen-bond donors (Lipinski definition) is 3. The predicted molar refractivity (Wildman–Crippen MR) is 100.0 cm³/mol. The number of nitrogens with one attached hydrogen (secondary N) is 2. The van der Waals surface area contributed by atoms with Gasteiger partial charge in [-0.2, -0.15) is 0 Å². The second-order valence-electron chi connectivity index (χ2n) is 6.01. The van der Waals surface area contributed by atoms with Crippen LogP contribution in [0.5, 0.6) is 5.75 Å². The van der Waals surface area contributed by atoms with Crippen LogP contribution in [0.1, 0.15) is 27.5 Å². The van der Waals surface area contributed by atoms with Gasteiger partial charge in [-0.15, -0.1) is 0 Å². The molecule has 128 valence electrons. The van der Waals surface area contributed by atoms with Crippen LogP contribution >= 0.6 is 0 Å². The van der Waals surface area contributed by atoms with Crippen LogP contribution in [0.4, 0.5) is 0 Å². The highest BCUT2D eigenvalue weighted by Gasteiger charge is 2.20. The third kappa shape index (κ3) is 3.02. The SMILES string of the molecule is O=C(NC(c1ccccc1)c1ccc2nc[nH]c2c1)c1ccccc1O. The van der Waals surface area contributed by atoms with Gasteiger partial charge in [0.05, 0.1) is 29.0 Å². The molecule has 1 atom stereocenters. The molecule has 3 aromatic carbocycles. The molecule has 0 spiro atoms. The summed E-state index contributed by atoms with van der Waals surface area (Å²) in [5.41, 5.74) is 3.90. The Balaban J connectivity index is 1.74. The first kappa shape index (κ1) is 15.9. The number of carbonyl (C=O) groups is 1. The number of imidazole rings is 1. The first-order chi connectivity index (χ1) is 12.7. The van der Waals surface area contributed by atoms with Gasteiger partial charge in [0.25, 0.3) is 5.91 Å². The summed E-state index contributed by atoms with van der Waals surface area (Å²) >= 11 is 0. The minimum absolute atomic E-state index is 0.0409. The summed E-state index contributed by atoms with van der Waals surface area (Å²) in [6.07, 6.45) is 1.65. The van der Waals surface area contributed by atoms with E-state index in [4.69, 9.17) is 0 Å². The van der Waals surface area contributed by atoms with Gasteiger partial charge in [0.2, 0.25) is 0 Å². The summed E-state index contributed by atoms with van der Waals surface area (Å²) in [5, 5.41) is 13.0. The van der Waals surface area contributed by atoms with Crippen molar-refractivity contribution in [2.24, 2.45) is 0 Å². The molecule has 0 saturated heterocycles. The normalized spacial score (nSPS) is 12.0. The molecule has 4 rings (SSSR count). The number of benzene rings is 3. The molecule has 0 radical (unpaired) electrons. The fourth-order valence-corrected chi connectivity index (χ4v) is 3.01. The largest absolute Gasteiger partial charge is 0.507 e. The van der Waals surface area contributed by atoms with Crippen LogP contribution in [0.25, 0.3) is 11.0 Å². The molecule has 0 saturated carbocycles. The summed E-state index contributed by atoms with van der Waals surface area (Å²) in [7, 11) is 0. The number of phenols is 1. The lowest BCUT2D eigenvalue weighted by Gasteiger charge is -2.20. The summed E-state index contributed by atoms with van der Waals surface area (Å²) in [4.78, 5) is 20.1. The Labute approximate surface area is 150 Å². The third-order valence-corrected chi connectivity index (χ3v) is 4.33. The van der Waals surface area contributed by atoms with Crippen LogP contribution < -0.4 is 5.32 Å². The standard InChI is InChI=1S/C21H17N3O2/c25-19-9-5-4-8-16(19)21(26)24-20(14-6-2-1-3-7-14)15-10-11-17-18(12-15)23-13-22-17/h1-13,20,25H,(H,22,23)(H,24,26). The lowest BCUT2D eigenvalue weighted by atomic mass is 9.97. The van der Waals surface area contributed by atoms with Crippen molar-refractivity contribution in [2.45, 2.75) is 6.04 Å². The molecule has 26 heavy (non-hydrogen) atoms. The Morgan fingerprint density at radius 2 is 1.73 bits per heavy atom. The van der Waals surface area contributed by atoms with Gasteiger partial charge in [-0.05, 0) is 35.4 Å². The smallest absolute Gasteiger partial charge is 0.255 e. The molecule has 5 nitrogen and oxygen atoms in total. The van der Waals surface area contributed by atoms with E-state index < -0.39 is 0 Å². The van der Waals surface area contributed by atoms with Crippen LogP contribution in [0.2, 0.25) is 0 Å². The number of aromatic nitrogens is 2. The number of carbonyl (C=O) groups excluding carboxylic acids is 1. The van der Waals surface area contributed by atoms with Gasteiger partial charge in [-0.3, -0.25) is 4.79 Å². The number of nitrogens with zero attached hydrogens (tertiary/aromatic N) is 1. The Kier molecular flexibility index (Phi) is 4.11. The van der Waals surface area contributed by atoms with E-state index in [0.29, 0.717) is 0 Å². The highest BCUT2D eigenvalue weighted by Crippen LogP contribution is 2.26. The van der Waals surface area contributed by atoms with Crippen LogP contribution in [-0.2, 0) is 0 Å². The van der Waals surface area contributed by atoms with Gasteiger partial charge in [0.1, 0.15) is 5.75 Å². The van der Waals surface area contributed by atoms with Gasteiger partial charge in [0.15, 0.2) is 0 Å². The fraction of sp³-hybridized carbons (Fsp3) is 0.0476. The first-order valence-electron chi connectivity index (χ1n) is 8.29. The molecule has 0 aliphatic rings. The second-order valence-corrected chi connectivity index (χ2v) is 6.01. The summed E-state index contributed by atoms with van der Waals surface area (Å²) in [5.74, 6) is -0.373. The molecule has 1 aromatic heterocycles. The van der Waals surface area contributed by atoms with Gasteiger partial charge in [-0.25, -0.2) is 4.98 Å². The fourth-order valence-electron chi connectivity index (χ4n) is 3.01. The van der Waals surface area contributed by atoms with Crippen LogP contribution in [0, 0.1) is 0 Å². The summed E-state index contributed by atoms with van der Waals surface area (Å²) in [6.45, 7) is 0. The number of aromatic amines is 1. The Hall–Kier alpha value is -3.60. The van der Waals surface area contributed by atoms with Crippen molar-refractivity contribution in [3.8, 4) is 5.75 Å². The van der Waals surface area contributed by atoms with Crippen molar-refractivity contribution < 1.29 is 9.90 Å². The number of aromatic hydroxyl groups is 1. The summed E-state index contributed by atoms with van der Waals surface area (Å²) in [6, 6.07) is 21.7. The van der Waals surface area contributed by atoms with Gasteiger partial charge in [0, 0.05) is 0 Å². The molecule has 5 heteroatoms. The van der Waals surface area contributed by atoms with Gasteiger partial charge >= 0.3 is 0 Å². The number of rotatable bonds is 4. The third-order valence-electron chi connectivity index (χ3n) is 4.33. The van der Waals surface area contributed by atoms with E-state index >= 15 is 0 Å².